The molecule has 1 aromatic heterocycles. The molecule has 0 atom stereocenters. The van der Waals surface area contributed by atoms with Crippen molar-refractivity contribution in [2.45, 2.75) is 11.7 Å². The van der Waals surface area contributed by atoms with E-state index in [4.69, 9.17) is 4.74 Å². The van der Waals surface area contributed by atoms with Gasteiger partial charge < -0.3 is 10.1 Å². The van der Waals surface area contributed by atoms with Crippen molar-refractivity contribution < 1.29 is 13.9 Å². The first-order valence-corrected chi connectivity index (χ1v) is 10.2. The van der Waals surface area contributed by atoms with Crippen molar-refractivity contribution in [3.63, 3.8) is 0 Å². The van der Waals surface area contributed by atoms with Crippen LogP contribution in [0.5, 0.6) is 0 Å². The molecule has 0 radical (unpaired) electrons. The molecule has 0 aliphatic heterocycles. The van der Waals surface area contributed by atoms with Gasteiger partial charge >= 0.3 is 0 Å². The lowest BCUT2D eigenvalue weighted by molar-refractivity contribution is -0.113. The number of amides is 1. The van der Waals surface area contributed by atoms with Crippen LogP contribution in [-0.2, 0) is 16.1 Å². The van der Waals surface area contributed by atoms with Gasteiger partial charge in [0.1, 0.15) is 5.82 Å². The molecule has 9 heteroatoms. The summed E-state index contributed by atoms with van der Waals surface area (Å²) in [4.78, 5) is 12.2. The average Bonchev–Trinajstić information content (AvgIpc) is 3.10. The molecule has 2 aromatic carbocycles. The topological polar surface area (TPSA) is 69.0 Å². The van der Waals surface area contributed by atoms with Crippen molar-refractivity contribution in [3.05, 3.63) is 58.8 Å². The smallest absolute Gasteiger partial charge is 0.234 e. The van der Waals surface area contributed by atoms with Crippen molar-refractivity contribution in [2.75, 3.05) is 24.8 Å². The Labute approximate surface area is 174 Å². The summed E-state index contributed by atoms with van der Waals surface area (Å²) in [6.07, 6.45) is 0. The molecule has 0 saturated carbocycles. The third-order valence-electron chi connectivity index (χ3n) is 3.81. The quantitative estimate of drug-likeness (QED) is 0.505. The fraction of sp³-hybridized carbons (Fsp3) is 0.211. The normalized spacial score (nSPS) is 10.8. The molecule has 0 aliphatic rings. The van der Waals surface area contributed by atoms with E-state index in [1.54, 1.807) is 13.2 Å². The first-order valence-electron chi connectivity index (χ1n) is 8.43. The predicted molar refractivity (Wildman–Crippen MR) is 111 cm³/mol. The lowest BCUT2D eigenvalue weighted by atomic mass is 10.2. The number of thioether (sulfide) groups is 1. The molecule has 1 amide bonds. The van der Waals surface area contributed by atoms with Crippen molar-refractivity contribution in [1.82, 2.24) is 14.8 Å². The standard InChI is InChI=1S/C19H18BrFN4O2S/c1-27-10-9-25-18(13-5-3-2-4-6-13)23-24-19(25)28-12-17(26)22-16-8-7-14(20)11-15(16)21/h2-8,11H,9-10,12H2,1H3,(H,22,26). The fourth-order valence-electron chi connectivity index (χ4n) is 2.49. The Morgan fingerprint density at radius 1 is 1.25 bits per heavy atom. The number of ether oxygens (including phenoxy) is 1. The van der Waals surface area contributed by atoms with Crippen molar-refractivity contribution in [1.29, 1.82) is 0 Å². The maximum Gasteiger partial charge on any atom is 0.234 e. The predicted octanol–water partition coefficient (Wildman–Crippen LogP) is 4.22. The summed E-state index contributed by atoms with van der Waals surface area (Å²) in [5.41, 5.74) is 1.07. The van der Waals surface area contributed by atoms with E-state index in [9.17, 15) is 9.18 Å². The van der Waals surface area contributed by atoms with Gasteiger partial charge in [-0.1, -0.05) is 58.0 Å². The second-order valence-corrected chi connectivity index (χ2v) is 7.64. The number of nitrogens with zero attached hydrogens (tertiary/aromatic N) is 3. The van der Waals surface area contributed by atoms with E-state index in [1.165, 1.54) is 23.9 Å². The summed E-state index contributed by atoms with van der Waals surface area (Å²) in [6, 6.07) is 14.2. The van der Waals surface area contributed by atoms with E-state index in [-0.39, 0.29) is 17.3 Å². The van der Waals surface area contributed by atoms with Gasteiger partial charge in [-0.25, -0.2) is 4.39 Å². The SMILES string of the molecule is COCCn1c(SCC(=O)Nc2ccc(Br)cc2F)nnc1-c1ccccc1. The van der Waals surface area contributed by atoms with Crippen LogP contribution < -0.4 is 5.32 Å². The highest BCUT2D eigenvalue weighted by molar-refractivity contribution is 9.10. The van der Waals surface area contributed by atoms with Gasteiger partial charge in [0.05, 0.1) is 24.6 Å². The minimum absolute atomic E-state index is 0.0788. The Balaban J connectivity index is 1.71. The maximum absolute atomic E-state index is 13.9. The van der Waals surface area contributed by atoms with E-state index in [1.807, 2.05) is 34.9 Å². The molecule has 0 saturated heterocycles. The summed E-state index contributed by atoms with van der Waals surface area (Å²) in [6.45, 7) is 1.04. The van der Waals surface area contributed by atoms with Gasteiger partial charge in [0.15, 0.2) is 11.0 Å². The molecule has 0 unspecified atom stereocenters. The van der Waals surface area contributed by atoms with E-state index < -0.39 is 5.82 Å². The van der Waals surface area contributed by atoms with Crippen molar-refractivity contribution in [2.24, 2.45) is 0 Å². The second kappa shape index (κ2) is 9.81. The Bertz CT molecular complexity index is 952. The molecule has 0 bridgehead atoms. The van der Waals surface area contributed by atoms with Gasteiger partial charge in [0, 0.05) is 17.1 Å². The number of nitrogens with one attached hydrogen (secondary N) is 1. The minimum atomic E-state index is -0.498. The lowest BCUT2D eigenvalue weighted by Gasteiger charge is -2.10. The molecule has 3 rings (SSSR count). The summed E-state index contributed by atoms with van der Waals surface area (Å²) >= 11 is 4.43. The molecule has 28 heavy (non-hydrogen) atoms. The van der Waals surface area contributed by atoms with Gasteiger partial charge in [-0.05, 0) is 18.2 Å². The van der Waals surface area contributed by atoms with Crippen molar-refractivity contribution >= 4 is 39.3 Å². The molecule has 0 aliphatic carbocycles. The number of benzene rings is 2. The van der Waals surface area contributed by atoms with Gasteiger partial charge in [-0.15, -0.1) is 10.2 Å². The van der Waals surface area contributed by atoms with Crippen LogP contribution in [0, 0.1) is 5.82 Å². The van der Waals surface area contributed by atoms with Crippen molar-refractivity contribution in [3.8, 4) is 11.4 Å². The van der Waals surface area contributed by atoms with E-state index in [0.29, 0.717) is 28.6 Å². The van der Waals surface area contributed by atoms with E-state index in [0.717, 1.165) is 5.56 Å². The van der Waals surface area contributed by atoms with Crippen LogP contribution in [-0.4, -0.2) is 40.1 Å². The van der Waals surface area contributed by atoms with Gasteiger partial charge in [0.25, 0.3) is 0 Å². The maximum atomic E-state index is 13.9. The first kappa shape index (κ1) is 20.5. The molecule has 1 N–H and O–H groups in total. The third-order valence-corrected chi connectivity index (χ3v) is 5.27. The molecule has 0 fully saturated rings. The highest BCUT2D eigenvalue weighted by atomic mass is 79.9. The third kappa shape index (κ3) is 5.18. The zero-order valence-electron chi connectivity index (χ0n) is 15.1. The summed E-state index contributed by atoms with van der Waals surface area (Å²) < 4.78 is 21.6. The Morgan fingerprint density at radius 2 is 2.04 bits per heavy atom. The number of rotatable bonds is 8. The Morgan fingerprint density at radius 3 is 2.75 bits per heavy atom. The molecular formula is C19H18BrFN4O2S. The van der Waals surface area contributed by atoms with Crippen LogP contribution >= 0.6 is 27.7 Å². The highest BCUT2D eigenvalue weighted by Gasteiger charge is 2.16. The molecule has 3 aromatic rings. The summed E-state index contributed by atoms with van der Waals surface area (Å²) in [5, 5.41) is 11.6. The average molecular weight is 465 g/mol. The number of anilines is 1. The van der Waals surface area contributed by atoms with Crippen LogP contribution in [0.25, 0.3) is 11.4 Å². The number of hydrogen-bond donors (Lipinski definition) is 1. The zero-order valence-corrected chi connectivity index (χ0v) is 17.5. The van der Waals surface area contributed by atoms with Crippen LogP contribution in [0.2, 0.25) is 0 Å². The number of carbonyl (C=O) groups is 1. The summed E-state index contributed by atoms with van der Waals surface area (Å²) in [7, 11) is 1.62. The number of aromatic nitrogens is 3. The number of halogens is 2. The van der Waals surface area contributed by atoms with Gasteiger partial charge in [-0.3, -0.25) is 9.36 Å². The van der Waals surface area contributed by atoms with Crippen LogP contribution in [0.4, 0.5) is 10.1 Å². The Kier molecular flexibility index (Phi) is 7.18. The highest BCUT2D eigenvalue weighted by Crippen LogP contribution is 2.24. The monoisotopic (exact) mass is 464 g/mol. The second-order valence-electron chi connectivity index (χ2n) is 5.78. The van der Waals surface area contributed by atoms with E-state index in [2.05, 4.69) is 31.4 Å². The van der Waals surface area contributed by atoms with Crippen LogP contribution in [0.3, 0.4) is 0 Å². The summed E-state index contributed by atoms with van der Waals surface area (Å²) in [5.74, 6) is -0.0364. The molecule has 6 nitrogen and oxygen atoms in total. The Hall–Kier alpha value is -2.23. The minimum Gasteiger partial charge on any atom is -0.383 e. The number of hydrogen-bond acceptors (Lipinski definition) is 5. The van der Waals surface area contributed by atoms with Gasteiger partial charge in [0.2, 0.25) is 5.91 Å². The first-order chi connectivity index (χ1) is 13.6. The number of methoxy groups -OCH3 is 1. The van der Waals surface area contributed by atoms with E-state index >= 15 is 0 Å². The molecular weight excluding hydrogens is 447 g/mol. The molecule has 0 spiro atoms. The largest absolute Gasteiger partial charge is 0.383 e. The zero-order chi connectivity index (χ0) is 19.9. The molecule has 1 heterocycles. The van der Waals surface area contributed by atoms with Gasteiger partial charge in [-0.2, -0.15) is 0 Å². The van der Waals surface area contributed by atoms with Crippen LogP contribution in [0.1, 0.15) is 0 Å². The lowest BCUT2D eigenvalue weighted by Crippen LogP contribution is -2.16. The molecule has 146 valence electrons. The van der Waals surface area contributed by atoms with Crippen LogP contribution in [0.15, 0.2) is 58.2 Å². The number of carbonyl (C=O) groups excluding carboxylic acids is 1. The fourth-order valence-corrected chi connectivity index (χ4v) is 3.59.